The summed E-state index contributed by atoms with van der Waals surface area (Å²) in [7, 11) is -3.59. The summed E-state index contributed by atoms with van der Waals surface area (Å²) in [4.78, 5) is 21.5. The maximum Gasteiger partial charge on any atom is 0.303 e. The Morgan fingerprint density at radius 1 is 1.28 bits per heavy atom. The van der Waals surface area contributed by atoms with Gasteiger partial charge in [0.1, 0.15) is 0 Å². The Hall–Kier alpha value is -1.15. The molecular weight excluding hydrogens is 260 g/mol. The molecule has 0 atom stereocenters. The highest BCUT2D eigenvalue weighted by Gasteiger charge is 2.13. The Morgan fingerprint density at radius 2 is 1.89 bits per heavy atom. The van der Waals surface area contributed by atoms with Crippen molar-refractivity contribution in [2.45, 2.75) is 26.7 Å². The molecule has 7 nitrogen and oxygen atoms in total. The van der Waals surface area contributed by atoms with Gasteiger partial charge in [0.15, 0.2) is 0 Å². The highest BCUT2D eigenvalue weighted by molar-refractivity contribution is 7.89. The molecule has 0 aliphatic heterocycles. The van der Waals surface area contributed by atoms with E-state index in [4.69, 9.17) is 5.11 Å². The average Bonchev–Trinajstić information content (AvgIpc) is 2.22. The minimum atomic E-state index is -3.59. The number of sulfonamides is 1. The summed E-state index contributed by atoms with van der Waals surface area (Å²) in [5.74, 6) is -1.44. The SMILES string of the molecule is CC(C)CNC(=O)CNS(=O)(=O)CCCC(=O)O. The smallest absolute Gasteiger partial charge is 0.303 e. The normalized spacial score (nSPS) is 11.5. The van der Waals surface area contributed by atoms with Crippen LogP contribution in [0.5, 0.6) is 0 Å². The van der Waals surface area contributed by atoms with E-state index in [1.165, 1.54) is 0 Å². The van der Waals surface area contributed by atoms with Crippen molar-refractivity contribution in [3.05, 3.63) is 0 Å². The number of carboxylic acids is 1. The second-order valence-electron chi connectivity index (χ2n) is 4.34. The lowest BCUT2D eigenvalue weighted by atomic mass is 10.2. The van der Waals surface area contributed by atoms with Crippen molar-refractivity contribution in [3.63, 3.8) is 0 Å². The summed E-state index contributed by atoms with van der Waals surface area (Å²) in [6, 6.07) is 0. The van der Waals surface area contributed by atoms with Crippen LogP contribution in [-0.2, 0) is 19.6 Å². The number of rotatable bonds is 9. The minimum Gasteiger partial charge on any atom is -0.481 e. The summed E-state index contributed by atoms with van der Waals surface area (Å²) in [6.07, 6.45) is -0.182. The monoisotopic (exact) mass is 280 g/mol. The Morgan fingerprint density at radius 3 is 2.39 bits per heavy atom. The van der Waals surface area contributed by atoms with Crippen LogP contribution in [-0.4, -0.2) is 44.2 Å². The molecule has 0 bridgehead atoms. The maximum absolute atomic E-state index is 11.4. The van der Waals surface area contributed by atoms with Crippen molar-refractivity contribution < 1.29 is 23.1 Å². The number of nitrogens with one attached hydrogen (secondary N) is 2. The van der Waals surface area contributed by atoms with Gasteiger partial charge >= 0.3 is 5.97 Å². The molecule has 0 saturated carbocycles. The maximum atomic E-state index is 11.4. The van der Waals surface area contributed by atoms with Crippen LogP contribution in [0.2, 0.25) is 0 Å². The zero-order chi connectivity index (χ0) is 14.2. The van der Waals surface area contributed by atoms with Crippen LogP contribution in [0.3, 0.4) is 0 Å². The van der Waals surface area contributed by atoms with E-state index in [2.05, 4.69) is 10.0 Å². The Kier molecular flexibility index (Phi) is 7.53. The van der Waals surface area contributed by atoms with Crippen molar-refractivity contribution in [1.82, 2.24) is 10.0 Å². The van der Waals surface area contributed by atoms with Gasteiger partial charge in [0.2, 0.25) is 15.9 Å². The quantitative estimate of drug-likeness (QED) is 0.529. The van der Waals surface area contributed by atoms with Crippen LogP contribution < -0.4 is 10.0 Å². The molecule has 0 aliphatic rings. The van der Waals surface area contributed by atoms with Gasteiger partial charge in [0.05, 0.1) is 12.3 Å². The third-order valence-corrected chi connectivity index (χ3v) is 3.37. The predicted octanol–water partition coefficient (Wildman–Crippen LogP) is -0.457. The molecule has 3 N–H and O–H groups in total. The first-order chi connectivity index (χ1) is 8.23. The number of carbonyl (C=O) groups excluding carboxylic acids is 1. The van der Waals surface area contributed by atoms with Gasteiger partial charge in [-0.05, 0) is 12.3 Å². The average molecular weight is 280 g/mol. The minimum absolute atomic E-state index is 0.0261. The van der Waals surface area contributed by atoms with Crippen LogP contribution >= 0.6 is 0 Å². The van der Waals surface area contributed by atoms with Gasteiger partial charge in [0, 0.05) is 13.0 Å². The molecule has 0 aromatic heterocycles. The van der Waals surface area contributed by atoms with Gasteiger partial charge in [-0.15, -0.1) is 0 Å². The molecule has 0 aromatic carbocycles. The largest absolute Gasteiger partial charge is 0.481 e. The number of carboxylic acid groups (broad SMARTS) is 1. The molecule has 0 radical (unpaired) electrons. The summed E-state index contributed by atoms with van der Waals surface area (Å²) in [5.41, 5.74) is 0. The molecule has 0 heterocycles. The van der Waals surface area contributed by atoms with Crippen molar-refractivity contribution in [3.8, 4) is 0 Å². The highest BCUT2D eigenvalue weighted by Crippen LogP contribution is 1.94. The van der Waals surface area contributed by atoms with E-state index >= 15 is 0 Å². The number of hydrogen-bond donors (Lipinski definition) is 3. The van der Waals surface area contributed by atoms with E-state index in [0.29, 0.717) is 12.5 Å². The Balaban J connectivity index is 3.89. The van der Waals surface area contributed by atoms with E-state index in [1.807, 2.05) is 13.8 Å². The van der Waals surface area contributed by atoms with E-state index in [-0.39, 0.29) is 25.1 Å². The van der Waals surface area contributed by atoms with Crippen LogP contribution in [0.1, 0.15) is 26.7 Å². The van der Waals surface area contributed by atoms with Crippen molar-refractivity contribution in [1.29, 1.82) is 0 Å². The number of amides is 1. The van der Waals surface area contributed by atoms with Crippen molar-refractivity contribution in [2.75, 3.05) is 18.8 Å². The predicted molar refractivity (Wildman–Crippen MR) is 66.5 cm³/mol. The van der Waals surface area contributed by atoms with Gasteiger partial charge in [-0.3, -0.25) is 9.59 Å². The molecule has 0 aliphatic carbocycles. The van der Waals surface area contributed by atoms with E-state index in [0.717, 1.165) is 0 Å². The zero-order valence-electron chi connectivity index (χ0n) is 10.6. The lowest BCUT2D eigenvalue weighted by Gasteiger charge is -2.08. The first-order valence-electron chi connectivity index (χ1n) is 5.69. The van der Waals surface area contributed by atoms with Gasteiger partial charge in [-0.1, -0.05) is 13.8 Å². The van der Waals surface area contributed by atoms with Gasteiger partial charge in [-0.2, -0.15) is 0 Å². The summed E-state index contributed by atoms with van der Waals surface area (Å²) in [6.45, 7) is 4.02. The number of carbonyl (C=O) groups is 2. The van der Waals surface area contributed by atoms with E-state index in [9.17, 15) is 18.0 Å². The molecule has 8 heteroatoms. The fraction of sp³-hybridized carbons (Fsp3) is 0.800. The lowest BCUT2D eigenvalue weighted by Crippen LogP contribution is -2.39. The standard InChI is InChI=1S/C10H20N2O5S/c1-8(2)6-11-9(13)7-12-18(16,17)5-3-4-10(14)15/h8,12H,3-7H2,1-2H3,(H,11,13)(H,14,15). The first kappa shape index (κ1) is 16.9. The molecule has 1 amide bonds. The summed E-state index contributed by atoms with van der Waals surface area (Å²) < 4.78 is 24.9. The van der Waals surface area contributed by atoms with Crippen molar-refractivity contribution in [2.24, 2.45) is 5.92 Å². The Bertz CT molecular complexity index is 378. The van der Waals surface area contributed by atoms with Gasteiger partial charge < -0.3 is 10.4 Å². The highest BCUT2D eigenvalue weighted by atomic mass is 32.2. The molecule has 0 aromatic rings. The second-order valence-corrected chi connectivity index (χ2v) is 6.26. The molecule has 0 fully saturated rings. The molecule has 18 heavy (non-hydrogen) atoms. The van der Waals surface area contributed by atoms with Crippen molar-refractivity contribution >= 4 is 21.9 Å². The molecule has 0 unspecified atom stereocenters. The van der Waals surface area contributed by atoms with Crippen LogP contribution in [0.25, 0.3) is 0 Å². The van der Waals surface area contributed by atoms with E-state index in [1.54, 1.807) is 0 Å². The van der Waals surface area contributed by atoms with E-state index < -0.39 is 21.9 Å². The Labute approximate surface area is 107 Å². The molecular formula is C10H20N2O5S. The number of hydrogen-bond acceptors (Lipinski definition) is 4. The number of aliphatic carboxylic acids is 1. The summed E-state index contributed by atoms with van der Waals surface area (Å²) >= 11 is 0. The van der Waals surface area contributed by atoms with Gasteiger partial charge in [0.25, 0.3) is 0 Å². The van der Waals surface area contributed by atoms with Crippen LogP contribution in [0, 0.1) is 5.92 Å². The third kappa shape index (κ3) is 10.0. The third-order valence-electron chi connectivity index (χ3n) is 1.96. The first-order valence-corrected chi connectivity index (χ1v) is 7.34. The lowest BCUT2D eigenvalue weighted by molar-refractivity contribution is -0.137. The molecule has 0 rings (SSSR count). The second kappa shape index (κ2) is 8.04. The van der Waals surface area contributed by atoms with Gasteiger partial charge in [-0.25, -0.2) is 13.1 Å². The molecule has 0 saturated heterocycles. The topological polar surface area (TPSA) is 113 Å². The molecule has 0 spiro atoms. The molecule has 106 valence electrons. The zero-order valence-corrected chi connectivity index (χ0v) is 11.4. The fourth-order valence-electron chi connectivity index (χ4n) is 1.04. The van der Waals surface area contributed by atoms with Crippen LogP contribution in [0.15, 0.2) is 0 Å². The van der Waals surface area contributed by atoms with Crippen LogP contribution in [0.4, 0.5) is 0 Å². The fourth-order valence-corrected chi connectivity index (χ4v) is 2.06. The summed E-state index contributed by atoms with van der Waals surface area (Å²) in [5, 5.41) is 10.9.